The Labute approximate surface area is 189 Å². The van der Waals surface area contributed by atoms with Crippen molar-refractivity contribution in [3.63, 3.8) is 0 Å². The lowest BCUT2D eigenvalue weighted by Gasteiger charge is -2.17. The zero-order valence-corrected chi connectivity index (χ0v) is 19.2. The Morgan fingerprint density at radius 3 is 2.69 bits per heavy atom. The van der Waals surface area contributed by atoms with Gasteiger partial charge in [-0.05, 0) is 37.6 Å². The highest BCUT2D eigenvalue weighted by Gasteiger charge is 2.18. The predicted octanol–water partition coefficient (Wildman–Crippen LogP) is 4.73. The Hall–Kier alpha value is -3.33. The van der Waals surface area contributed by atoms with Crippen LogP contribution in [-0.4, -0.2) is 33.9 Å². The number of rotatable bonds is 8. The Balaban J connectivity index is 1.63. The van der Waals surface area contributed by atoms with E-state index in [1.165, 1.54) is 11.8 Å². The second-order valence-corrected chi connectivity index (χ2v) is 8.15. The molecule has 0 aliphatic carbocycles. The van der Waals surface area contributed by atoms with Gasteiger partial charge in [0.05, 0.1) is 36.4 Å². The van der Waals surface area contributed by atoms with Gasteiger partial charge < -0.3 is 14.0 Å². The summed E-state index contributed by atoms with van der Waals surface area (Å²) in [5.74, 6) is 2.50. The van der Waals surface area contributed by atoms with Crippen molar-refractivity contribution < 1.29 is 14.0 Å². The minimum atomic E-state index is -0.0402. The van der Waals surface area contributed by atoms with Crippen LogP contribution < -0.4 is 15.0 Å². The van der Waals surface area contributed by atoms with Gasteiger partial charge in [0.2, 0.25) is 11.7 Å². The van der Waals surface area contributed by atoms with E-state index in [4.69, 9.17) is 19.0 Å². The topological polar surface area (TPSA) is 92.3 Å². The average Bonchev–Trinajstić information content (AvgIpc) is 3.30. The van der Waals surface area contributed by atoms with E-state index < -0.39 is 0 Å². The lowest BCUT2D eigenvalue weighted by Crippen LogP contribution is -2.26. The van der Waals surface area contributed by atoms with Crippen molar-refractivity contribution in [2.75, 3.05) is 14.2 Å². The van der Waals surface area contributed by atoms with Crippen LogP contribution in [0.25, 0.3) is 22.3 Å². The van der Waals surface area contributed by atoms with Gasteiger partial charge in [-0.2, -0.15) is 4.98 Å². The zero-order chi connectivity index (χ0) is 22.7. The Morgan fingerprint density at radius 1 is 1.12 bits per heavy atom. The van der Waals surface area contributed by atoms with Gasteiger partial charge in [-0.25, -0.2) is 4.98 Å². The number of hydrogen-bond donors (Lipinski definition) is 0. The Morgan fingerprint density at radius 2 is 1.94 bits per heavy atom. The fourth-order valence-electron chi connectivity index (χ4n) is 3.33. The second-order valence-electron chi connectivity index (χ2n) is 7.21. The molecule has 0 bridgehead atoms. The quantitative estimate of drug-likeness (QED) is 0.280. The van der Waals surface area contributed by atoms with Gasteiger partial charge in [0.1, 0.15) is 11.5 Å². The summed E-state index contributed by atoms with van der Waals surface area (Å²) >= 11 is 1.40. The van der Waals surface area contributed by atoms with Crippen LogP contribution in [0.2, 0.25) is 0 Å². The molecule has 2 aromatic carbocycles. The molecular weight excluding hydrogens is 428 g/mol. The van der Waals surface area contributed by atoms with Gasteiger partial charge in [0.25, 0.3) is 5.56 Å². The van der Waals surface area contributed by atoms with Crippen LogP contribution >= 0.6 is 11.8 Å². The van der Waals surface area contributed by atoms with Crippen LogP contribution in [0.15, 0.2) is 56.9 Å². The van der Waals surface area contributed by atoms with Crippen molar-refractivity contribution >= 4 is 22.7 Å². The molecular formula is C23H24N4O4S. The van der Waals surface area contributed by atoms with E-state index in [0.29, 0.717) is 50.6 Å². The first-order valence-electron chi connectivity index (χ1n) is 10.2. The summed E-state index contributed by atoms with van der Waals surface area (Å²) in [6.07, 6.45) is 0.815. The molecule has 2 heterocycles. The maximum absolute atomic E-state index is 13.1. The molecule has 9 heteroatoms. The van der Waals surface area contributed by atoms with E-state index in [1.54, 1.807) is 24.9 Å². The Kier molecular flexibility index (Phi) is 6.45. The molecule has 0 aliphatic rings. The number of aromatic nitrogens is 4. The summed E-state index contributed by atoms with van der Waals surface area (Å²) < 4.78 is 17.9. The summed E-state index contributed by atoms with van der Waals surface area (Å²) in [5.41, 5.74) is 1.34. The van der Waals surface area contributed by atoms with Crippen LogP contribution in [0.5, 0.6) is 11.5 Å². The summed E-state index contributed by atoms with van der Waals surface area (Å²) in [7, 11) is 3.17. The molecule has 0 unspecified atom stereocenters. The molecule has 166 valence electrons. The average molecular weight is 453 g/mol. The predicted molar refractivity (Wildman–Crippen MR) is 123 cm³/mol. The van der Waals surface area contributed by atoms with Crippen LogP contribution in [0.4, 0.5) is 0 Å². The van der Waals surface area contributed by atoms with Crippen molar-refractivity contribution in [2.45, 2.75) is 37.2 Å². The standard InChI is InChI=1S/C23H24N4O4S/c1-5-14(2)27-22(28)16-8-6-7-9-18(16)24-23(27)32-13-20-25-21(26-31-20)17-11-10-15(29-3)12-19(17)30-4/h6-12,14H,5,13H2,1-4H3/t14-/m1/s1. The molecule has 0 N–H and O–H groups in total. The molecule has 0 aliphatic heterocycles. The number of fused-ring (bicyclic) bond motifs is 1. The molecule has 0 saturated heterocycles. The van der Waals surface area contributed by atoms with E-state index in [2.05, 4.69) is 10.1 Å². The lowest BCUT2D eigenvalue weighted by molar-refractivity contribution is 0.388. The largest absolute Gasteiger partial charge is 0.497 e. The molecule has 8 nitrogen and oxygen atoms in total. The number of ether oxygens (including phenoxy) is 2. The molecule has 0 spiro atoms. The van der Waals surface area contributed by atoms with Crippen molar-refractivity contribution in [1.29, 1.82) is 0 Å². The maximum atomic E-state index is 13.1. The summed E-state index contributed by atoms with van der Waals surface area (Å²) in [6.45, 7) is 4.07. The molecule has 4 rings (SSSR count). The molecule has 2 aromatic heterocycles. The second kappa shape index (κ2) is 9.44. The number of para-hydroxylation sites is 1. The van der Waals surface area contributed by atoms with E-state index in [9.17, 15) is 4.79 Å². The van der Waals surface area contributed by atoms with Crippen molar-refractivity contribution in [3.05, 3.63) is 58.7 Å². The smallest absolute Gasteiger partial charge is 0.262 e. The SMILES string of the molecule is CC[C@@H](C)n1c(SCc2nc(-c3ccc(OC)cc3OC)no2)nc2ccccc2c1=O. The van der Waals surface area contributed by atoms with Gasteiger partial charge in [-0.15, -0.1) is 0 Å². The van der Waals surface area contributed by atoms with Gasteiger partial charge in [-0.1, -0.05) is 36.0 Å². The van der Waals surface area contributed by atoms with Crippen molar-refractivity contribution in [3.8, 4) is 22.9 Å². The molecule has 32 heavy (non-hydrogen) atoms. The van der Waals surface area contributed by atoms with E-state index in [-0.39, 0.29) is 11.6 Å². The normalized spacial score (nSPS) is 12.1. The number of methoxy groups -OCH3 is 2. The number of thioether (sulfide) groups is 1. The minimum Gasteiger partial charge on any atom is -0.497 e. The molecule has 0 saturated carbocycles. The van der Waals surface area contributed by atoms with Gasteiger partial charge in [0, 0.05) is 12.1 Å². The number of nitrogens with zero attached hydrogens (tertiary/aromatic N) is 4. The molecule has 4 aromatic rings. The zero-order valence-electron chi connectivity index (χ0n) is 18.4. The van der Waals surface area contributed by atoms with E-state index >= 15 is 0 Å². The third-order valence-electron chi connectivity index (χ3n) is 5.25. The van der Waals surface area contributed by atoms with Crippen LogP contribution in [0.1, 0.15) is 32.2 Å². The molecule has 0 radical (unpaired) electrons. The lowest BCUT2D eigenvalue weighted by atomic mass is 10.2. The number of hydrogen-bond acceptors (Lipinski definition) is 8. The summed E-state index contributed by atoms with van der Waals surface area (Å²) in [5, 5.41) is 5.34. The van der Waals surface area contributed by atoms with Crippen LogP contribution in [-0.2, 0) is 5.75 Å². The first-order chi connectivity index (χ1) is 15.5. The third kappa shape index (κ3) is 4.20. The number of benzene rings is 2. The van der Waals surface area contributed by atoms with Crippen LogP contribution in [0.3, 0.4) is 0 Å². The van der Waals surface area contributed by atoms with Gasteiger partial charge in [-0.3, -0.25) is 9.36 Å². The highest BCUT2D eigenvalue weighted by atomic mass is 32.2. The fraction of sp³-hybridized carbons (Fsp3) is 0.304. The summed E-state index contributed by atoms with van der Waals surface area (Å²) in [4.78, 5) is 22.3. The highest BCUT2D eigenvalue weighted by Crippen LogP contribution is 2.32. The fourth-order valence-corrected chi connectivity index (χ4v) is 4.27. The molecule has 0 fully saturated rings. The highest BCUT2D eigenvalue weighted by molar-refractivity contribution is 7.98. The third-order valence-corrected chi connectivity index (χ3v) is 6.19. The molecule has 0 amide bonds. The summed E-state index contributed by atoms with van der Waals surface area (Å²) in [6, 6.07) is 12.8. The van der Waals surface area contributed by atoms with Crippen molar-refractivity contribution in [1.82, 2.24) is 19.7 Å². The first kappa shape index (κ1) is 21.9. The van der Waals surface area contributed by atoms with Gasteiger partial charge in [0.15, 0.2) is 5.16 Å². The maximum Gasteiger partial charge on any atom is 0.262 e. The Bertz CT molecular complexity index is 1300. The van der Waals surface area contributed by atoms with Crippen molar-refractivity contribution in [2.24, 2.45) is 0 Å². The molecule has 1 atom stereocenters. The van der Waals surface area contributed by atoms with E-state index in [1.807, 2.05) is 50.2 Å². The first-order valence-corrected chi connectivity index (χ1v) is 11.2. The van der Waals surface area contributed by atoms with Gasteiger partial charge >= 0.3 is 0 Å². The van der Waals surface area contributed by atoms with Crippen LogP contribution in [0, 0.1) is 0 Å². The minimum absolute atomic E-state index is 0.0175. The van der Waals surface area contributed by atoms with E-state index in [0.717, 1.165) is 6.42 Å². The monoisotopic (exact) mass is 452 g/mol.